The lowest BCUT2D eigenvalue weighted by atomic mass is 10.2. The van der Waals surface area contributed by atoms with Crippen molar-refractivity contribution in [2.75, 3.05) is 88.5 Å². The number of aryl methyl sites for hydroxylation is 2. The van der Waals surface area contributed by atoms with Crippen LogP contribution in [0.3, 0.4) is 0 Å². The molecule has 0 aliphatic carbocycles. The molecule has 238 valence electrons. The van der Waals surface area contributed by atoms with E-state index in [0.29, 0.717) is 24.6 Å². The van der Waals surface area contributed by atoms with Gasteiger partial charge in [-0.2, -0.15) is 0 Å². The van der Waals surface area contributed by atoms with Crippen LogP contribution in [0.15, 0.2) is 60.7 Å². The first-order valence-electron chi connectivity index (χ1n) is 15.4. The number of hydrogen-bond acceptors (Lipinski definition) is 8. The molecular formula is C34H44Cl2N4O4. The second-order valence-corrected chi connectivity index (χ2v) is 12.7. The average Bonchev–Trinajstić information content (AvgIpc) is 3.03. The van der Waals surface area contributed by atoms with E-state index in [0.717, 1.165) is 84.9 Å². The Balaban J connectivity index is 0.958. The van der Waals surface area contributed by atoms with Crippen LogP contribution in [0.25, 0.3) is 0 Å². The van der Waals surface area contributed by atoms with Gasteiger partial charge in [-0.05, 0) is 73.5 Å². The monoisotopic (exact) mass is 642 g/mol. The van der Waals surface area contributed by atoms with Gasteiger partial charge in [-0.1, -0.05) is 35.3 Å². The standard InChI is InChI=1S/C34H44Cl2N4O4/c1-25-3-5-27(19-33(25)35)39-15-11-37(12-16-39)21-29(41)23-43-31-7-9-32(10-8-31)44-24-30(42)22-38-13-17-40(18-14-38)28-6-4-26(2)34(36)20-28/h3-10,19-20,29-30,41-42H,11-18,21-24H2,1-2H3/t29-,30+. The number of aliphatic hydroxyl groups is 2. The van der Waals surface area contributed by atoms with Crippen molar-refractivity contribution in [1.82, 2.24) is 9.80 Å². The molecule has 2 aliphatic heterocycles. The first kappa shape index (κ1) is 32.7. The zero-order valence-electron chi connectivity index (χ0n) is 25.7. The van der Waals surface area contributed by atoms with Crippen LogP contribution in [0.1, 0.15) is 11.1 Å². The van der Waals surface area contributed by atoms with E-state index in [2.05, 4.69) is 43.9 Å². The molecule has 0 aromatic heterocycles. The largest absolute Gasteiger partial charge is 0.491 e. The minimum atomic E-state index is -0.585. The molecule has 0 spiro atoms. The van der Waals surface area contributed by atoms with E-state index in [1.165, 1.54) is 0 Å². The van der Waals surface area contributed by atoms with Crippen LogP contribution < -0.4 is 19.3 Å². The molecule has 2 N–H and O–H groups in total. The Labute approximate surface area is 271 Å². The molecule has 5 rings (SSSR count). The van der Waals surface area contributed by atoms with Gasteiger partial charge in [-0.3, -0.25) is 9.80 Å². The fourth-order valence-electron chi connectivity index (χ4n) is 5.65. The zero-order chi connectivity index (χ0) is 31.1. The summed E-state index contributed by atoms with van der Waals surface area (Å²) in [6, 6.07) is 19.7. The minimum absolute atomic E-state index is 0.219. The van der Waals surface area contributed by atoms with Gasteiger partial charge in [0, 0.05) is 86.9 Å². The third kappa shape index (κ3) is 9.16. The first-order chi connectivity index (χ1) is 21.2. The fourth-order valence-corrected chi connectivity index (χ4v) is 6.00. The van der Waals surface area contributed by atoms with Crippen LogP contribution in [0.2, 0.25) is 10.0 Å². The van der Waals surface area contributed by atoms with Crippen molar-refractivity contribution >= 4 is 34.6 Å². The number of piperazine rings is 2. The summed E-state index contributed by atoms with van der Waals surface area (Å²) in [4.78, 5) is 9.20. The van der Waals surface area contributed by atoms with Crippen molar-refractivity contribution < 1.29 is 19.7 Å². The Morgan fingerprint density at radius 1 is 0.591 bits per heavy atom. The molecule has 2 heterocycles. The Kier molecular flexibility index (Phi) is 11.5. The number of aliphatic hydroxyl groups excluding tert-OH is 2. The van der Waals surface area contributed by atoms with Crippen molar-refractivity contribution in [2.24, 2.45) is 0 Å². The molecule has 0 bridgehead atoms. The van der Waals surface area contributed by atoms with E-state index in [1.54, 1.807) is 0 Å². The van der Waals surface area contributed by atoms with E-state index in [-0.39, 0.29) is 13.2 Å². The van der Waals surface area contributed by atoms with Gasteiger partial charge in [-0.15, -0.1) is 0 Å². The van der Waals surface area contributed by atoms with E-state index in [1.807, 2.05) is 50.2 Å². The van der Waals surface area contributed by atoms with Gasteiger partial charge in [0.05, 0.1) is 0 Å². The molecule has 3 aromatic carbocycles. The molecule has 2 saturated heterocycles. The highest BCUT2D eigenvalue weighted by Crippen LogP contribution is 2.25. The number of ether oxygens (including phenoxy) is 2. The summed E-state index contributed by atoms with van der Waals surface area (Å²) in [5, 5.41) is 22.7. The fraction of sp³-hybridized carbons (Fsp3) is 0.471. The highest BCUT2D eigenvalue weighted by Gasteiger charge is 2.22. The van der Waals surface area contributed by atoms with Crippen molar-refractivity contribution in [3.05, 3.63) is 81.8 Å². The second-order valence-electron chi connectivity index (χ2n) is 11.8. The van der Waals surface area contributed by atoms with Gasteiger partial charge in [0.1, 0.15) is 36.9 Å². The molecule has 0 saturated carbocycles. The highest BCUT2D eigenvalue weighted by molar-refractivity contribution is 6.31. The van der Waals surface area contributed by atoms with Crippen molar-refractivity contribution in [2.45, 2.75) is 26.1 Å². The van der Waals surface area contributed by atoms with Gasteiger partial charge in [0.2, 0.25) is 0 Å². The normalized spacial score (nSPS) is 17.9. The summed E-state index contributed by atoms with van der Waals surface area (Å²) in [7, 11) is 0. The molecule has 0 amide bonds. The molecule has 2 aliphatic rings. The molecular weight excluding hydrogens is 599 g/mol. The SMILES string of the molecule is Cc1ccc(N2CCN(C[C@H](O)COc3ccc(OC[C@H](O)CN4CCN(c5ccc(C)c(Cl)c5)CC4)cc3)CC2)cc1Cl. The van der Waals surface area contributed by atoms with Gasteiger partial charge in [0.25, 0.3) is 0 Å². The van der Waals surface area contributed by atoms with E-state index in [4.69, 9.17) is 32.7 Å². The van der Waals surface area contributed by atoms with E-state index < -0.39 is 12.2 Å². The summed E-state index contributed by atoms with van der Waals surface area (Å²) in [6.45, 7) is 12.7. The molecule has 8 nitrogen and oxygen atoms in total. The first-order valence-corrected chi connectivity index (χ1v) is 16.2. The predicted octanol–water partition coefficient (Wildman–Crippen LogP) is 4.73. The Bertz CT molecular complexity index is 1240. The molecule has 10 heteroatoms. The lowest BCUT2D eigenvalue weighted by Gasteiger charge is -2.37. The van der Waals surface area contributed by atoms with Crippen LogP contribution in [0.4, 0.5) is 11.4 Å². The number of β-amino-alcohol motifs (C(OH)–C–C–N with tert-alkyl or cyclic N) is 2. The third-order valence-corrected chi connectivity index (χ3v) is 9.25. The lowest BCUT2D eigenvalue weighted by molar-refractivity contribution is 0.0650. The molecule has 44 heavy (non-hydrogen) atoms. The van der Waals surface area contributed by atoms with Gasteiger partial charge < -0.3 is 29.5 Å². The minimum Gasteiger partial charge on any atom is -0.491 e. The number of anilines is 2. The smallest absolute Gasteiger partial charge is 0.119 e. The second kappa shape index (κ2) is 15.5. The van der Waals surface area contributed by atoms with Crippen LogP contribution in [0.5, 0.6) is 11.5 Å². The summed E-state index contributed by atoms with van der Waals surface area (Å²) in [5.74, 6) is 1.34. The number of hydrogen-bond donors (Lipinski definition) is 2. The van der Waals surface area contributed by atoms with Crippen molar-refractivity contribution in [3.63, 3.8) is 0 Å². The molecule has 0 unspecified atom stereocenters. The number of rotatable bonds is 12. The quantitative estimate of drug-likeness (QED) is 0.294. The van der Waals surface area contributed by atoms with Crippen LogP contribution >= 0.6 is 23.2 Å². The summed E-state index contributed by atoms with van der Waals surface area (Å²) < 4.78 is 11.7. The maximum Gasteiger partial charge on any atom is 0.119 e. The van der Waals surface area contributed by atoms with Gasteiger partial charge in [0.15, 0.2) is 0 Å². The summed E-state index contributed by atoms with van der Waals surface area (Å²) >= 11 is 12.6. The predicted molar refractivity (Wildman–Crippen MR) is 179 cm³/mol. The Hall–Kier alpha value is -2.72. The van der Waals surface area contributed by atoms with Gasteiger partial charge >= 0.3 is 0 Å². The van der Waals surface area contributed by atoms with Crippen LogP contribution in [-0.2, 0) is 0 Å². The Morgan fingerprint density at radius 2 is 0.955 bits per heavy atom. The van der Waals surface area contributed by atoms with Gasteiger partial charge in [-0.25, -0.2) is 0 Å². The third-order valence-electron chi connectivity index (χ3n) is 8.43. The number of nitrogens with zero attached hydrogens (tertiary/aromatic N) is 4. The number of benzene rings is 3. The van der Waals surface area contributed by atoms with Crippen molar-refractivity contribution in [1.29, 1.82) is 0 Å². The van der Waals surface area contributed by atoms with E-state index in [9.17, 15) is 10.2 Å². The molecule has 3 aromatic rings. The Morgan fingerprint density at radius 3 is 1.30 bits per heavy atom. The van der Waals surface area contributed by atoms with Crippen molar-refractivity contribution in [3.8, 4) is 11.5 Å². The molecule has 2 atom stereocenters. The highest BCUT2D eigenvalue weighted by atomic mass is 35.5. The molecule has 0 radical (unpaired) electrons. The topological polar surface area (TPSA) is 71.9 Å². The summed E-state index contributed by atoms with van der Waals surface area (Å²) in [6.07, 6.45) is -1.17. The number of halogens is 2. The van der Waals surface area contributed by atoms with Crippen LogP contribution in [-0.4, -0.2) is 111 Å². The zero-order valence-corrected chi connectivity index (χ0v) is 27.2. The van der Waals surface area contributed by atoms with E-state index >= 15 is 0 Å². The van der Waals surface area contributed by atoms with Crippen LogP contribution in [0, 0.1) is 13.8 Å². The average molecular weight is 644 g/mol. The maximum atomic E-state index is 10.6. The maximum absolute atomic E-state index is 10.6. The lowest BCUT2D eigenvalue weighted by Crippen LogP contribution is -2.49. The summed E-state index contributed by atoms with van der Waals surface area (Å²) in [5.41, 5.74) is 4.45. The molecule has 2 fully saturated rings.